The molecule has 4 rings (SSSR count). The van der Waals surface area contributed by atoms with Crippen molar-refractivity contribution in [3.8, 4) is 17.1 Å². The minimum Gasteiger partial charge on any atom is -0.300 e. The Morgan fingerprint density at radius 1 is 1.07 bits per heavy atom. The van der Waals surface area contributed by atoms with E-state index in [-0.39, 0.29) is 5.92 Å². The van der Waals surface area contributed by atoms with Crippen molar-refractivity contribution >= 4 is 10.2 Å². The standard InChI is InChI=1S/C21H25N5O2S/c1-24(2)29(27,28)25-13-6-9-18(16-25)20-15-19(10-11-22-20)26-14-12-23-21(26)17-7-4-3-5-8-17/h3-5,7-8,10-12,14-15,18H,6,9,13,16H2,1-2H3/t18-/m1/s1. The van der Waals surface area contributed by atoms with Crippen LogP contribution in [0.4, 0.5) is 0 Å². The van der Waals surface area contributed by atoms with Crippen LogP contribution in [0.5, 0.6) is 0 Å². The third-order valence-electron chi connectivity index (χ3n) is 5.31. The monoisotopic (exact) mass is 411 g/mol. The van der Waals surface area contributed by atoms with Gasteiger partial charge in [-0.25, -0.2) is 4.98 Å². The molecule has 0 aliphatic carbocycles. The summed E-state index contributed by atoms with van der Waals surface area (Å²) < 4.78 is 29.9. The Hall–Kier alpha value is -2.55. The van der Waals surface area contributed by atoms with E-state index in [4.69, 9.17) is 0 Å². The van der Waals surface area contributed by atoms with Gasteiger partial charge in [0.05, 0.1) is 5.69 Å². The molecule has 29 heavy (non-hydrogen) atoms. The molecule has 0 unspecified atom stereocenters. The van der Waals surface area contributed by atoms with Gasteiger partial charge in [-0.3, -0.25) is 9.55 Å². The highest BCUT2D eigenvalue weighted by molar-refractivity contribution is 7.86. The lowest BCUT2D eigenvalue weighted by Crippen LogP contribution is -2.45. The summed E-state index contributed by atoms with van der Waals surface area (Å²) >= 11 is 0. The summed E-state index contributed by atoms with van der Waals surface area (Å²) in [6.07, 6.45) is 7.26. The third-order valence-corrected chi connectivity index (χ3v) is 7.21. The number of aromatic nitrogens is 3. The fourth-order valence-electron chi connectivity index (χ4n) is 3.75. The van der Waals surface area contributed by atoms with Crippen molar-refractivity contribution in [2.24, 2.45) is 0 Å². The summed E-state index contributed by atoms with van der Waals surface area (Å²) in [5, 5.41) is 0. The Bertz CT molecular complexity index is 1080. The van der Waals surface area contributed by atoms with Crippen molar-refractivity contribution in [3.63, 3.8) is 0 Å². The summed E-state index contributed by atoms with van der Waals surface area (Å²) in [6.45, 7) is 1.00. The summed E-state index contributed by atoms with van der Waals surface area (Å²) in [4.78, 5) is 9.09. The molecule has 0 bridgehead atoms. The second-order valence-electron chi connectivity index (χ2n) is 7.41. The topological polar surface area (TPSA) is 71.3 Å². The van der Waals surface area contributed by atoms with Crippen molar-refractivity contribution in [2.75, 3.05) is 27.2 Å². The molecule has 2 aromatic heterocycles. The molecule has 0 spiro atoms. The summed E-state index contributed by atoms with van der Waals surface area (Å²) in [7, 11) is -0.270. The molecule has 1 atom stereocenters. The van der Waals surface area contributed by atoms with Gasteiger partial charge in [0.15, 0.2) is 0 Å². The Balaban J connectivity index is 1.63. The van der Waals surface area contributed by atoms with E-state index in [1.807, 2.05) is 53.2 Å². The molecule has 0 N–H and O–H groups in total. The molecule has 1 saturated heterocycles. The average Bonchev–Trinajstić information content (AvgIpc) is 3.24. The van der Waals surface area contributed by atoms with E-state index >= 15 is 0 Å². The SMILES string of the molecule is CN(C)S(=O)(=O)N1CCC[C@@H](c2cc(-n3ccnc3-c3ccccc3)ccn2)C1. The Kier molecular flexibility index (Phi) is 5.49. The quantitative estimate of drug-likeness (QED) is 0.647. The van der Waals surface area contributed by atoms with Crippen LogP contribution in [0.25, 0.3) is 17.1 Å². The van der Waals surface area contributed by atoms with Gasteiger partial charge in [-0.2, -0.15) is 17.0 Å². The van der Waals surface area contributed by atoms with E-state index in [1.54, 1.807) is 30.8 Å². The van der Waals surface area contributed by atoms with Crippen LogP contribution in [-0.4, -0.2) is 58.7 Å². The Labute approximate surface area is 171 Å². The van der Waals surface area contributed by atoms with Crippen molar-refractivity contribution in [2.45, 2.75) is 18.8 Å². The van der Waals surface area contributed by atoms with Gasteiger partial charge < -0.3 is 0 Å². The molecule has 3 aromatic rings. The molecule has 1 aromatic carbocycles. The van der Waals surface area contributed by atoms with Crippen molar-refractivity contribution in [3.05, 3.63) is 66.7 Å². The maximum absolute atomic E-state index is 12.5. The van der Waals surface area contributed by atoms with Gasteiger partial charge in [0.1, 0.15) is 5.82 Å². The van der Waals surface area contributed by atoms with Gasteiger partial charge in [0.25, 0.3) is 10.2 Å². The second kappa shape index (κ2) is 8.06. The number of piperidine rings is 1. The fraction of sp³-hybridized carbons (Fsp3) is 0.333. The molecular formula is C21H25N5O2S. The highest BCUT2D eigenvalue weighted by Crippen LogP contribution is 2.29. The molecule has 152 valence electrons. The first kappa shape index (κ1) is 19.8. The molecule has 8 heteroatoms. The first-order valence-electron chi connectivity index (χ1n) is 9.69. The zero-order valence-electron chi connectivity index (χ0n) is 16.6. The first-order valence-corrected chi connectivity index (χ1v) is 11.1. The van der Waals surface area contributed by atoms with Gasteiger partial charge in [0, 0.05) is 63.0 Å². The summed E-state index contributed by atoms with van der Waals surface area (Å²) in [6, 6.07) is 14.0. The van der Waals surface area contributed by atoms with Crippen LogP contribution in [0.3, 0.4) is 0 Å². The minimum absolute atomic E-state index is 0.0714. The molecule has 1 aliphatic rings. The van der Waals surface area contributed by atoms with Gasteiger partial charge >= 0.3 is 0 Å². The first-order chi connectivity index (χ1) is 14.0. The van der Waals surface area contributed by atoms with Crippen LogP contribution in [-0.2, 0) is 10.2 Å². The van der Waals surface area contributed by atoms with Gasteiger partial charge in [0.2, 0.25) is 0 Å². The predicted molar refractivity (Wildman–Crippen MR) is 113 cm³/mol. The van der Waals surface area contributed by atoms with E-state index in [0.29, 0.717) is 13.1 Å². The van der Waals surface area contributed by atoms with Gasteiger partial charge in [-0.15, -0.1) is 0 Å². The number of benzene rings is 1. The molecule has 0 radical (unpaired) electrons. The maximum atomic E-state index is 12.5. The van der Waals surface area contributed by atoms with Crippen LogP contribution in [0, 0.1) is 0 Å². The summed E-state index contributed by atoms with van der Waals surface area (Å²) in [5.74, 6) is 0.935. The molecule has 0 saturated carbocycles. The smallest absolute Gasteiger partial charge is 0.281 e. The van der Waals surface area contributed by atoms with Gasteiger partial charge in [-0.1, -0.05) is 30.3 Å². The molecule has 3 heterocycles. The highest BCUT2D eigenvalue weighted by Gasteiger charge is 2.31. The van der Waals surface area contributed by atoms with E-state index in [2.05, 4.69) is 9.97 Å². The predicted octanol–water partition coefficient (Wildman–Crippen LogP) is 2.92. The van der Waals surface area contributed by atoms with E-state index in [0.717, 1.165) is 35.6 Å². The zero-order chi connectivity index (χ0) is 20.4. The number of imidazole rings is 1. The van der Waals surface area contributed by atoms with Crippen LogP contribution >= 0.6 is 0 Å². The number of hydrogen-bond donors (Lipinski definition) is 0. The van der Waals surface area contributed by atoms with Crippen molar-refractivity contribution in [1.82, 2.24) is 23.1 Å². The second-order valence-corrected chi connectivity index (χ2v) is 9.56. The fourth-order valence-corrected chi connectivity index (χ4v) is 4.94. The van der Waals surface area contributed by atoms with Gasteiger partial charge in [-0.05, 0) is 25.0 Å². The molecule has 0 amide bonds. The van der Waals surface area contributed by atoms with Crippen LogP contribution in [0.2, 0.25) is 0 Å². The number of pyridine rings is 1. The molecule has 7 nitrogen and oxygen atoms in total. The molecule has 1 fully saturated rings. The van der Waals surface area contributed by atoms with Crippen LogP contribution in [0.1, 0.15) is 24.5 Å². The average molecular weight is 412 g/mol. The number of rotatable bonds is 5. The summed E-state index contributed by atoms with van der Waals surface area (Å²) in [5.41, 5.74) is 2.92. The lowest BCUT2D eigenvalue weighted by Gasteiger charge is -2.33. The lowest BCUT2D eigenvalue weighted by molar-refractivity contribution is 0.296. The Morgan fingerprint density at radius 3 is 2.62 bits per heavy atom. The molecular weight excluding hydrogens is 386 g/mol. The number of hydrogen-bond acceptors (Lipinski definition) is 4. The van der Waals surface area contributed by atoms with E-state index in [9.17, 15) is 8.42 Å². The van der Waals surface area contributed by atoms with Crippen molar-refractivity contribution < 1.29 is 8.42 Å². The largest absolute Gasteiger partial charge is 0.300 e. The lowest BCUT2D eigenvalue weighted by atomic mass is 9.95. The zero-order valence-corrected chi connectivity index (χ0v) is 17.5. The van der Waals surface area contributed by atoms with Crippen LogP contribution in [0.15, 0.2) is 61.1 Å². The van der Waals surface area contributed by atoms with Crippen LogP contribution < -0.4 is 0 Å². The third kappa shape index (κ3) is 3.96. The number of nitrogens with zero attached hydrogens (tertiary/aromatic N) is 5. The Morgan fingerprint density at radius 2 is 1.86 bits per heavy atom. The van der Waals surface area contributed by atoms with E-state index in [1.165, 1.54) is 4.31 Å². The highest BCUT2D eigenvalue weighted by atomic mass is 32.2. The van der Waals surface area contributed by atoms with Crippen molar-refractivity contribution in [1.29, 1.82) is 0 Å². The minimum atomic E-state index is -3.41. The normalized spacial score (nSPS) is 18.2. The molecule has 1 aliphatic heterocycles. The van der Waals surface area contributed by atoms with E-state index < -0.39 is 10.2 Å². The maximum Gasteiger partial charge on any atom is 0.281 e.